The van der Waals surface area contributed by atoms with E-state index < -0.39 is 11.2 Å². The molecular formula is C20H22N6O3S2. The molecule has 0 aliphatic heterocycles. The molecule has 0 spiro atoms. The molecule has 0 aliphatic rings. The fourth-order valence-corrected chi connectivity index (χ4v) is 4.89. The number of nitrogens with two attached hydrogens (primary N) is 1. The normalized spacial score (nSPS) is 11.3. The number of anilines is 2. The van der Waals surface area contributed by atoms with Gasteiger partial charge < -0.3 is 10.6 Å². The highest BCUT2D eigenvalue weighted by atomic mass is 32.1. The van der Waals surface area contributed by atoms with E-state index in [9.17, 15) is 14.4 Å². The van der Waals surface area contributed by atoms with Gasteiger partial charge in [0.05, 0.1) is 11.3 Å². The second-order valence-corrected chi connectivity index (χ2v) is 8.90. The summed E-state index contributed by atoms with van der Waals surface area (Å²) in [6, 6.07) is 3.97. The van der Waals surface area contributed by atoms with Crippen LogP contribution in [-0.4, -0.2) is 31.9 Å². The molecule has 11 heteroatoms. The van der Waals surface area contributed by atoms with Gasteiger partial charge in [-0.05, 0) is 17.9 Å². The van der Waals surface area contributed by atoms with Crippen LogP contribution in [0.3, 0.4) is 0 Å². The lowest BCUT2D eigenvalue weighted by Crippen LogP contribution is -2.39. The zero-order chi connectivity index (χ0) is 22.1. The van der Waals surface area contributed by atoms with E-state index in [-0.39, 0.29) is 23.8 Å². The number of aromatic nitrogens is 4. The van der Waals surface area contributed by atoms with Crippen molar-refractivity contribution in [3.63, 3.8) is 0 Å². The molecule has 0 aromatic carbocycles. The summed E-state index contributed by atoms with van der Waals surface area (Å²) in [5, 5.41) is 3.87. The number of imidazole rings is 1. The Morgan fingerprint density at radius 2 is 2.13 bits per heavy atom. The average molecular weight is 459 g/mol. The number of hydrogen-bond donors (Lipinski definition) is 2. The number of hydrogen-bond acceptors (Lipinski definition) is 7. The van der Waals surface area contributed by atoms with Crippen molar-refractivity contribution in [1.29, 1.82) is 0 Å². The number of thiazole rings is 1. The van der Waals surface area contributed by atoms with Gasteiger partial charge in [0, 0.05) is 30.9 Å². The summed E-state index contributed by atoms with van der Waals surface area (Å²) in [5.74, 6) is -0.319. The van der Waals surface area contributed by atoms with Gasteiger partial charge in [-0.2, -0.15) is 0 Å². The molecule has 9 nitrogen and oxygen atoms in total. The SMILES string of the molecule is CCCCn1c(N)c(N(C)C(=O)Cc2csc3nc(-c4cccs4)cn23)c(=O)[nH]c1=O. The first-order chi connectivity index (χ1) is 14.9. The number of nitrogens with one attached hydrogen (secondary N) is 1. The summed E-state index contributed by atoms with van der Waals surface area (Å²) in [7, 11) is 1.49. The third kappa shape index (κ3) is 3.93. The van der Waals surface area contributed by atoms with Crippen molar-refractivity contribution >= 4 is 45.0 Å². The standard InChI is InChI=1S/C20H22N6O3S2/c1-3-4-7-25-17(21)16(18(28)23-19(25)29)24(2)15(27)9-12-11-31-20-22-13(10-26(12)20)14-6-5-8-30-14/h5-6,8,10-11H,3-4,7,9,21H2,1-2H3,(H,23,28,29). The van der Waals surface area contributed by atoms with Crippen molar-refractivity contribution < 1.29 is 4.79 Å². The smallest absolute Gasteiger partial charge is 0.330 e. The summed E-state index contributed by atoms with van der Waals surface area (Å²) >= 11 is 3.05. The lowest BCUT2D eigenvalue weighted by atomic mass is 10.2. The maximum atomic E-state index is 13.0. The molecule has 0 fully saturated rings. The van der Waals surface area contributed by atoms with Crippen LogP contribution in [0.25, 0.3) is 15.5 Å². The number of thiophene rings is 1. The zero-order valence-corrected chi connectivity index (χ0v) is 18.8. The second-order valence-electron chi connectivity index (χ2n) is 7.11. The minimum atomic E-state index is -0.677. The molecule has 0 aliphatic carbocycles. The Kier molecular flexibility index (Phi) is 5.79. The van der Waals surface area contributed by atoms with E-state index in [1.54, 1.807) is 11.3 Å². The Morgan fingerprint density at radius 1 is 1.32 bits per heavy atom. The largest absolute Gasteiger partial charge is 0.383 e. The molecule has 0 saturated carbocycles. The molecule has 4 heterocycles. The molecule has 0 saturated heterocycles. The average Bonchev–Trinajstić information content (AvgIpc) is 3.45. The topological polar surface area (TPSA) is 118 Å². The van der Waals surface area contributed by atoms with Crippen molar-refractivity contribution in [1.82, 2.24) is 18.9 Å². The molecule has 31 heavy (non-hydrogen) atoms. The summed E-state index contributed by atoms with van der Waals surface area (Å²) < 4.78 is 3.19. The van der Waals surface area contributed by atoms with Crippen molar-refractivity contribution in [2.45, 2.75) is 32.7 Å². The van der Waals surface area contributed by atoms with Crippen molar-refractivity contribution in [3.8, 4) is 10.6 Å². The quantitative estimate of drug-likeness (QED) is 0.441. The molecule has 162 valence electrons. The van der Waals surface area contributed by atoms with Crippen LogP contribution >= 0.6 is 22.7 Å². The second kappa shape index (κ2) is 8.52. The number of fused-ring (bicyclic) bond motifs is 1. The maximum Gasteiger partial charge on any atom is 0.330 e. The Labute approximate surface area is 185 Å². The van der Waals surface area contributed by atoms with Gasteiger partial charge in [-0.15, -0.1) is 22.7 Å². The van der Waals surface area contributed by atoms with Crippen molar-refractivity contribution in [3.05, 3.63) is 55.6 Å². The van der Waals surface area contributed by atoms with E-state index >= 15 is 0 Å². The molecule has 0 radical (unpaired) electrons. The maximum absolute atomic E-state index is 13.0. The first-order valence-electron chi connectivity index (χ1n) is 9.79. The number of rotatable bonds is 7. The summed E-state index contributed by atoms with van der Waals surface area (Å²) in [5.41, 5.74) is 6.48. The fourth-order valence-electron chi connectivity index (χ4n) is 3.34. The van der Waals surface area contributed by atoms with E-state index in [0.717, 1.165) is 34.1 Å². The predicted molar refractivity (Wildman–Crippen MR) is 124 cm³/mol. The minimum Gasteiger partial charge on any atom is -0.383 e. The number of unbranched alkanes of at least 4 members (excludes halogenated alkanes) is 1. The molecule has 4 aromatic heterocycles. The van der Waals surface area contributed by atoms with Gasteiger partial charge in [0.15, 0.2) is 10.6 Å². The molecule has 0 unspecified atom stereocenters. The number of amides is 1. The molecule has 0 bridgehead atoms. The number of H-pyrrole nitrogens is 1. The van der Waals surface area contributed by atoms with E-state index in [4.69, 9.17) is 5.73 Å². The highest BCUT2D eigenvalue weighted by Crippen LogP contribution is 2.27. The number of likely N-dealkylation sites (N-methyl/N-ethyl adjacent to an activating group) is 1. The highest BCUT2D eigenvalue weighted by Gasteiger charge is 2.22. The summed E-state index contributed by atoms with van der Waals surface area (Å²) in [4.78, 5) is 47.5. The molecule has 4 aromatic rings. The molecule has 4 rings (SSSR count). The van der Waals surface area contributed by atoms with Crippen LogP contribution in [0, 0.1) is 0 Å². The van der Waals surface area contributed by atoms with Gasteiger partial charge in [0.25, 0.3) is 5.56 Å². The van der Waals surface area contributed by atoms with Crippen LogP contribution < -0.4 is 21.9 Å². The van der Waals surface area contributed by atoms with E-state index in [1.807, 2.05) is 40.4 Å². The molecule has 1 amide bonds. The summed E-state index contributed by atoms with van der Waals surface area (Å²) in [6.45, 7) is 2.36. The summed E-state index contributed by atoms with van der Waals surface area (Å²) in [6.07, 6.45) is 3.56. The van der Waals surface area contributed by atoms with Crippen LogP contribution in [-0.2, 0) is 17.8 Å². The molecule has 3 N–H and O–H groups in total. The van der Waals surface area contributed by atoms with Gasteiger partial charge in [-0.3, -0.25) is 23.5 Å². The monoisotopic (exact) mass is 458 g/mol. The first kappa shape index (κ1) is 21.1. The Balaban J connectivity index is 1.62. The molecular weight excluding hydrogens is 436 g/mol. The van der Waals surface area contributed by atoms with E-state index in [1.165, 1.54) is 27.9 Å². The Bertz CT molecular complexity index is 1350. The van der Waals surface area contributed by atoms with Gasteiger partial charge in [-0.1, -0.05) is 19.4 Å². The number of carbonyl (C=O) groups excluding carboxylic acids is 1. The van der Waals surface area contributed by atoms with E-state index in [2.05, 4.69) is 9.97 Å². The lowest BCUT2D eigenvalue weighted by Gasteiger charge is -2.20. The zero-order valence-electron chi connectivity index (χ0n) is 17.1. The Morgan fingerprint density at radius 3 is 2.84 bits per heavy atom. The van der Waals surface area contributed by atoms with Gasteiger partial charge in [0.1, 0.15) is 11.5 Å². The van der Waals surface area contributed by atoms with Crippen LogP contribution in [0.2, 0.25) is 0 Å². The van der Waals surface area contributed by atoms with Crippen molar-refractivity contribution in [2.24, 2.45) is 0 Å². The van der Waals surface area contributed by atoms with Crippen LogP contribution in [0.15, 0.2) is 38.7 Å². The molecule has 0 atom stereocenters. The number of nitrogen functional groups attached to an aromatic ring is 1. The van der Waals surface area contributed by atoms with E-state index in [0.29, 0.717) is 6.54 Å². The van der Waals surface area contributed by atoms with Crippen molar-refractivity contribution in [2.75, 3.05) is 17.7 Å². The highest BCUT2D eigenvalue weighted by molar-refractivity contribution is 7.15. The third-order valence-electron chi connectivity index (χ3n) is 5.05. The number of carbonyl (C=O) groups is 1. The van der Waals surface area contributed by atoms with Gasteiger partial charge >= 0.3 is 5.69 Å². The van der Waals surface area contributed by atoms with Gasteiger partial charge in [-0.25, -0.2) is 9.78 Å². The lowest BCUT2D eigenvalue weighted by molar-refractivity contribution is -0.117. The fraction of sp³-hybridized carbons (Fsp3) is 0.300. The van der Waals surface area contributed by atoms with Crippen LogP contribution in [0.4, 0.5) is 11.5 Å². The van der Waals surface area contributed by atoms with Crippen LogP contribution in [0.1, 0.15) is 25.5 Å². The first-order valence-corrected chi connectivity index (χ1v) is 11.5. The Hall–Kier alpha value is -3.18. The third-order valence-corrected chi connectivity index (χ3v) is 6.83. The number of aromatic amines is 1. The predicted octanol–water partition coefficient (Wildman–Crippen LogP) is 2.56. The number of nitrogens with zero attached hydrogens (tertiary/aromatic N) is 4. The minimum absolute atomic E-state index is 0.00359. The van der Waals surface area contributed by atoms with Crippen LogP contribution in [0.5, 0.6) is 0 Å². The van der Waals surface area contributed by atoms with Gasteiger partial charge in [0.2, 0.25) is 5.91 Å².